The van der Waals surface area contributed by atoms with Crippen molar-refractivity contribution in [2.45, 2.75) is 18.5 Å². The Bertz CT molecular complexity index is 440. The van der Waals surface area contributed by atoms with Gasteiger partial charge in [0.25, 0.3) is 0 Å². The zero-order valence-corrected chi connectivity index (χ0v) is 11.8. The second-order valence-electron chi connectivity index (χ2n) is 4.34. The van der Waals surface area contributed by atoms with E-state index in [2.05, 4.69) is 15.9 Å². The number of aliphatic carboxylic acids is 1. The molecule has 18 heavy (non-hydrogen) atoms. The zero-order valence-electron chi connectivity index (χ0n) is 10.2. The van der Waals surface area contributed by atoms with Crippen LogP contribution in [-0.4, -0.2) is 36.1 Å². The fourth-order valence-electron chi connectivity index (χ4n) is 1.95. The number of carbonyl (C=O) groups is 1. The number of benzene rings is 1. The molecule has 100 valence electrons. The Morgan fingerprint density at radius 3 is 2.67 bits per heavy atom. The second-order valence-corrected chi connectivity index (χ2v) is 5.25. The zero-order chi connectivity index (χ0) is 13.9. The van der Waals surface area contributed by atoms with Crippen molar-refractivity contribution in [2.24, 2.45) is 5.73 Å². The minimum atomic E-state index is -0.996. The molecule has 1 rings (SSSR count). The third-order valence-corrected chi connectivity index (χ3v) is 3.14. The largest absolute Gasteiger partial charge is 0.481 e. The fraction of sp³-hybridized carbons (Fsp3) is 0.417. The monoisotopic (exact) mass is 318 g/mol. The Morgan fingerprint density at radius 1 is 1.56 bits per heavy atom. The summed E-state index contributed by atoms with van der Waals surface area (Å²) < 4.78 is 14.6. The number of hydrogen-bond acceptors (Lipinski definition) is 3. The molecule has 0 heterocycles. The number of carboxylic acids is 1. The quantitative estimate of drug-likeness (QED) is 0.871. The van der Waals surface area contributed by atoms with Crippen LogP contribution in [0.3, 0.4) is 0 Å². The highest BCUT2D eigenvalue weighted by molar-refractivity contribution is 9.10. The summed E-state index contributed by atoms with van der Waals surface area (Å²) in [6, 6.07) is 3.39. The van der Waals surface area contributed by atoms with Crippen molar-refractivity contribution in [3.63, 3.8) is 0 Å². The SMILES string of the molecule is CN(C)C(c1cc(Br)ccc1F)C(N)CC(=O)O. The number of nitrogens with two attached hydrogens (primary N) is 1. The van der Waals surface area contributed by atoms with Gasteiger partial charge < -0.3 is 15.7 Å². The van der Waals surface area contributed by atoms with Crippen molar-refractivity contribution in [1.29, 1.82) is 0 Å². The minimum absolute atomic E-state index is 0.213. The van der Waals surface area contributed by atoms with Crippen LogP contribution in [-0.2, 0) is 4.79 Å². The highest BCUT2D eigenvalue weighted by Gasteiger charge is 2.26. The van der Waals surface area contributed by atoms with Gasteiger partial charge in [0.15, 0.2) is 0 Å². The third-order valence-electron chi connectivity index (χ3n) is 2.65. The Hall–Kier alpha value is -0.980. The lowest BCUT2D eigenvalue weighted by Gasteiger charge is -2.30. The van der Waals surface area contributed by atoms with Crippen molar-refractivity contribution in [3.05, 3.63) is 34.1 Å². The van der Waals surface area contributed by atoms with E-state index < -0.39 is 23.9 Å². The summed E-state index contributed by atoms with van der Waals surface area (Å²) in [6.07, 6.45) is -0.213. The van der Waals surface area contributed by atoms with Gasteiger partial charge in [0, 0.05) is 16.1 Å². The van der Waals surface area contributed by atoms with Gasteiger partial charge in [-0.2, -0.15) is 0 Å². The lowest BCUT2D eigenvalue weighted by Crippen LogP contribution is -2.39. The van der Waals surface area contributed by atoms with Crippen LogP contribution < -0.4 is 5.73 Å². The van der Waals surface area contributed by atoms with E-state index in [1.165, 1.54) is 6.07 Å². The van der Waals surface area contributed by atoms with Crippen molar-refractivity contribution >= 4 is 21.9 Å². The average molecular weight is 319 g/mol. The number of hydrogen-bond donors (Lipinski definition) is 2. The van der Waals surface area contributed by atoms with Gasteiger partial charge in [-0.15, -0.1) is 0 Å². The van der Waals surface area contributed by atoms with Gasteiger partial charge in [-0.25, -0.2) is 4.39 Å². The Morgan fingerprint density at radius 2 is 2.17 bits per heavy atom. The first-order valence-corrected chi connectivity index (χ1v) is 6.21. The van der Waals surface area contributed by atoms with E-state index >= 15 is 0 Å². The molecular weight excluding hydrogens is 303 g/mol. The fourth-order valence-corrected chi connectivity index (χ4v) is 2.33. The van der Waals surface area contributed by atoms with Gasteiger partial charge in [-0.05, 0) is 32.3 Å². The van der Waals surface area contributed by atoms with Crippen molar-refractivity contribution in [2.75, 3.05) is 14.1 Å². The maximum Gasteiger partial charge on any atom is 0.304 e. The van der Waals surface area contributed by atoms with Crippen LogP contribution in [0.5, 0.6) is 0 Å². The van der Waals surface area contributed by atoms with Crippen LogP contribution in [0.25, 0.3) is 0 Å². The van der Waals surface area contributed by atoms with E-state index in [-0.39, 0.29) is 6.42 Å². The van der Waals surface area contributed by atoms with E-state index in [0.29, 0.717) is 5.56 Å². The molecular formula is C12H16BrFN2O2. The summed E-state index contributed by atoms with van der Waals surface area (Å²) in [6.45, 7) is 0. The normalized spacial score (nSPS) is 14.6. The van der Waals surface area contributed by atoms with Crippen LogP contribution in [0.15, 0.2) is 22.7 Å². The van der Waals surface area contributed by atoms with Crippen molar-refractivity contribution in [1.82, 2.24) is 4.90 Å². The predicted molar refractivity (Wildman–Crippen MR) is 70.8 cm³/mol. The van der Waals surface area contributed by atoms with E-state index in [4.69, 9.17) is 10.8 Å². The molecule has 6 heteroatoms. The molecule has 0 spiro atoms. The maximum atomic E-state index is 13.8. The molecule has 2 atom stereocenters. The molecule has 0 bridgehead atoms. The van der Waals surface area contributed by atoms with E-state index in [0.717, 1.165) is 4.47 Å². The van der Waals surface area contributed by atoms with E-state index in [9.17, 15) is 9.18 Å². The minimum Gasteiger partial charge on any atom is -0.481 e. The first-order chi connectivity index (χ1) is 8.32. The summed E-state index contributed by atoms with van der Waals surface area (Å²) in [4.78, 5) is 12.4. The highest BCUT2D eigenvalue weighted by atomic mass is 79.9. The number of carboxylic acid groups (broad SMARTS) is 1. The molecule has 2 unspecified atom stereocenters. The smallest absolute Gasteiger partial charge is 0.304 e. The van der Waals surface area contributed by atoms with E-state index in [1.807, 2.05) is 0 Å². The Balaban J connectivity index is 3.11. The van der Waals surface area contributed by atoms with Crippen LogP contribution in [0.1, 0.15) is 18.0 Å². The third kappa shape index (κ3) is 3.76. The van der Waals surface area contributed by atoms with E-state index in [1.54, 1.807) is 31.1 Å². The standard InChI is InChI=1S/C12H16BrFN2O2/c1-16(2)12(10(15)6-11(17)18)8-5-7(13)3-4-9(8)14/h3-5,10,12H,6,15H2,1-2H3,(H,17,18). The maximum absolute atomic E-state index is 13.8. The van der Waals surface area contributed by atoms with Gasteiger partial charge in [0.05, 0.1) is 12.5 Å². The average Bonchev–Trinajstić information content (AvgIpc) is 2.21. The molecule has 0 aliphatic rings. The topological polar surface area (TPSA) is 66.6 Å². The van der Waals surface area contributed by atoms with Crippen molar-refractivity contribution in [3.8, 4) is 0 Å². The molecule has 0 aromatic heterocycles. The van der Waals surface area contributed by atoms with Crippen LogP contribution in [0, 0.1) is 5.82 Å². The number of rotatable bonds is 5. The van der Waals surface area contributed by atoms with Gasteiger partial charge in [0.1, 0.15) is 5.82 Å². The van der Waals surface area contributed by atoms with Gasteiger partial charge in [-0.3, -0.25) is 4.79 Å². The molecule has 0 amide bonds. The highest BCUT2D eigenvalue weighted by Crippen LogP contribution is 2.27. The van der Waals surface area contributed by atoms with Gasteiger partial charge >= 0.3 is 5.97 Å². The summed E-state index contributed by atoms with van der Waals surface area (Å²) >= 11 is 3.27. The molecule has 1 aromatic carbocycles. The van der Waals surface area contributed by atoms with Crippen LogP contribution in [0.2, 0.25) is 0 Å². The first-order valence-electron chi connectivity index (χ1n) is 5.41. The number of likely N-dealkylation sites (N-methyl/N-ethyl adjacent to an activating group) is 1. The molecule has 3 N–H and O–H groups in total. The molecule has 0 radical (unpaired) electrons. The van der Waals surface area contributed by atoms with Crippen LogP contribution in [0.4, 0.5) is 4.39 Å². The Labute approximate surface area is 114 Å². The lowest BCUT2D eigenvalue weighted by atomic mass is 9.96. The number of halogens is 2. The molecule has 0 saturated carbocycles. The Kier molecular flexibility index (Phi) is 5.25. The summed E-state index contributed by atoms with van der Waals surface area (Å²) in [5, 5.41) is 8.78. The van der Waals surface area contributed by atoms with Gasteiger partial charge in [-0.1, -0.05) is 15.9 Å². The molecule has 0 fully saturated rings. The predicted octanol–water partition coefficient (Wildman–Crippen LogP) is 1.99. The second kappa shape index (κ2) is 6.26. The van der Waals surface area contributed by atoms with Gasteiger partial charge in [0.2, 0.25) is 0 Å². The van der Waals surface area contributed by atoms with Crippen LogP contribution >= 0.6 is 15.9 Å². The molecule has 4 nitrogen and oxygen atoms in total. The molecule has 0 aliphatic heterocycles. The first kappa shape index (κ1) is 15.1. The lowest BCUT2D eigenvalue weighted by molar-refractivity contribution is -0.137. The summed E-state index contributed by atoms with van der Waals surface area (Å²) in [7, 11) is 3.49. The summed E-state index contributed by atoms with van der Waals surface area (Å²) in [5.41, 5.74) is 6.26. The molecule has 0 aliphatic carbocycles. The van der Waals surface area contributed by atoms with Crippen molar-refractivity contribution < 1.29 is 14.3 Å². The summed E-state index contributed by atoms with van der Waals surface area (Å²) in [5.74, 6) is -1.39. The molecule has 0 saturated heterocycles. The number of nitrogens with zero attached hydrogens (tertiary/aromatic N) is 1. The molecule has 1 aromatic rings.